The molecule has 2 amide bonds. The zero-order chi connectivity index (χ0) is 18.6. The number of H-pyrrole nitrogens is 2. The highest BCUT2D eigenvalue weighted by Crippen LogP contribution is 2.45. The lowest BCUT2D eigenvalue weighted by molar-refractivity contribution is -0.143. The van der Waals surface area contributed by atoms with Crippen LogP contribution in [0.15, 0.2) is 12.5 Å². The smallest absolute Gasteiger partial charge is 0.289 e. The average molecular weight is 368 g/mol. The lowest BCUT2D eigenvalue weighted by Crippen LogP contribution is -2.59. The van der Waals surface area contributed by atoms with Gasteiger partial charge in [0.25, 0.3) is 5.91 Å². The molecule has 4 heterocycles. The summed E-state index contributed by atoms with van der Waals surface area (Å²) in [6.07, 6.45) is 7.67. The Morgan fingerprint density at radius 3 is 2.63 bits per heavy atom. The summed E-state index contributed by atoms with van der Waals surface area (Å²) in [6.45, 7) is 3.81. The Balaban J connectivity index is 1.41. The molecule has 2 aromatic heterocycles. The quantitative estimate of drug-likeness (QED) is 0.836. The maximum absolute atomic E-state index is 13.0. The van der Waals surface area contributed by atoms with Gasteiger partial charge in [-0.3, -0.25) is 9.59 Å². The van der Waals surface area contributed by atoms with Crippen molar-refractivity contribution < 1.29 is 9.59 Å². The van der Waals surface area contributed by atoms with Crippen molar-refractivity contribution in [1.29, 1.82) is 0 Å². The fourth-order valence-corrected chi connectivity index (χ4v) is 4.61. The van der Waals surface area contributed by atoms with Gasteiger partial charge in [-0.05, 0) is 32.6 Å². The predicted molar refractivity (Wildman–Crippen MR) is 96.9 cm³/mol. The molecule has 8 heteroatoms. The highest BCUT2D eigenvalue weighted by atomic mass is 16.2. The fourth-order valence-electron chi connectivity index (χ4n) is 4.61. The molecule has 2 fully saturated rings. The highest BCUT2D eigenvalue weighted by Gasteiger charge is 2.51. The molecular formula is C19H24N6O2. The Hall–Kier alpha value is -2.64. The summed E-state index contributed by atoms with van der Waals surface area (Å²) in [5.41, 5.74) is 2.63. The highest BCUT2D eigenvalue weighted by molar-refractivity contribution is 5.90. The number of carbonyl (C=O) groups is 2. The topological polar surface area (TPSA) is 98.0 Å². The van der Waals surface area contributed by atoms with Gasteiger partial charge in [-0.2, -0.15) is 0 Å². The molecule has 1 saturated carbocycles. The van der Waals surface area contributed by atoms with Crippen LogP contribution in [0.2, 0.25) is 0 Å². The number of nitrogens with one attached hydrogen (secondary N) is 2. The molecule has 27 heavy (non-hydrogen) atoms. The van der Waals surface area contributed by atoms with Gasteiger partial charge >= 0.3 is 0 Å². The van der Waals surface area contributed by atoms with Crippen LogP contribution in [-0.2, 0) is 16.8 Å². The zero-order valence-corrected chi connectivity index (χ0v) is 15.5. The minimum atomic E-state index is -0.386. The number of rotatable bonds is 2. The second kappa shape index (κ2) is 5.94. The molecular weight excluding hydrogens is 344 g/mol. The van der Waals surface area contributed by atoms with Crippen molar-refractivity contribution in [3.8, 4) is 0 Å². The van der Waals surface area contributed by atoms with Gasteiger partial charge in [-0.25, -0.2) is 9.97 Å². The number of piperidine rings is 1. The van der Waals surface area contributed by atoms with Gasteiger partial charge < -0.3 is 19.8 Å². The zero-order valence-electron chi connectivity index (χ0n) is 15.5. The molecule has 8 nitrogen and oxygen atoms in total. The number of carbonyl (C=O) groups excluding carboxylic acids is 2. The lowest BCUT2D eigenvalue weighted by Gasteiger charge is -2.50. The molecule has 1 spiro atoms. The molecule has 2 aromatic rings. The summed E-state index contributed by atoms with van der Waals surface area (Å²) in [4.78, 5) is 44.7. The Kier molecular flexibility index (Phi) is 3.63. The minimum absolute atomic E-state index is 0.0731. The summed E-state index contributed by atoms with van der Waals surface area (Å²) in [5, 5.41) is 0. The van der Waals surface area contributed by atoms with Crippen LogP contribution in [0.5, 0.6) is 0 Å². The average Bonchev–Trinajstić information content (AvgIpc) is 3.25. The van der Waals surface area contributed by atoms with Crippen LogP contribution in [-0.4, -0.2) is 61.2 Å². The number of aromatic nitrogens is 4. The lowest BCUT2D eigenvalue weighted by atomic mass is 9.78. The van der Waals surface area contributed by atoms with E-state index in [4.69, 9.17) is 0 Å². The van der Waals surface area contributed by atoms with Crippen molar-refractivity contribution in [2.75, 3.05) is 19.6 Å². The molecule has 0 aromatic carbocycles. The van der Waals surface area contributed by atoms with Crippen LogP contribution in [0.25, 0.3) is 0 Å². The monoisotopic (exact) mass is 368 g/mol. The number of imidazole rings is 2. The van der Waals surface area contributed by atoms with Crippen molar-refractivity contribution in [2.45, 2.75) is 44.6 Å². The van der Waals surface area contributed by atoms with Gasteiger partial charge in [-0.15, -0.1) is 0 Å². The SMILES string of the molecule is Cc1cnc(C(=O)N2CCC3(CC2)c2nc[nH]c2CCN3C(=O)C2CC2)[nH]1. The standard InChI is InChI=1S/C19H24N6O2/c1-12-10-20-16(23-12)18(27)24-8-5-19(6-9-24)15-14(21-11-22-15)4-7-25(19)17(26)13-2-3-13/h10-11,13H,2-9H2,1H3,(H,20,23)(H,21,22). The van der Waals surface area contributed by atoms with E-state index in [2.05, 4.69) is 24.8 Å². The first kappa shape index (κ1) is 16.5. The van der Waals surface area contributed by atoms with E-state index in [1.54, 1.807) is 12.5 Å². The van der Waals surface area contributed by atoms with Gasteiger partial charge in [0.05, 0.1) is 17.6 Å². The van der Waals surface area contributed by atoms with Crippen LogP contribution >= 0.6 is 0 Å². The van der Waals surface area contributed by atoms with E-state index in [0.717, 1.165) is 55.7 Å². The maximum atomic E-state index is 13.0. The Morgan fingerprint density at radius 2 is 1.96 bits per heavy atom. The predicted octanol–water partition coefficient (Wildman–Crippen LogP) is 1.37. The van der Waals surface area contributed by atoms with Crippen LogP contribution in [0, 0.1) is 12.8 Å². The largest absolute Gasteiger partial charge is 0.348 e. The summed E-state index contributed by atoms with van der Waals surface area (Å²) in [7, 11) is 0. The molecule has 1 aliphatic carbocycles. The Morgan fingerprint density at radius 1 is 1.19 bits per heavy atom. The number of aryl methyl sites for hydroxylation is 1. The van der Waals surface area contributed by atoms with Crippen molar-refractivity contribution in [1.82, 2.24) is 29.7 Å². The summed E-state index contributed by atoms with van der Waals surface area (Å²) in [6, 6.07) is 0. The maximum Gasteiger partial charge on any atom is 0.289 e. The van der Waals surface area contributed by atoms with E-state index in [1.165, 1.54) is 0 Å². The number of fused-ring (bicyclic) bond motifs is 2. The fraction of sp³-hybridized carbons (Fsp3) is 0.579. The third-order valence-corrected chi connectivity index (χ3v) is 6.24. The van der Waals surface area contributed by atoms with E-state index >= 15 is 0 Å². The first-order valence-corrected chi connectivity index (χ1v) is 9.73. The van der Waals surface area contributed by atoms with Crippen LogP contribution in [0.1, 0.15) is 53.4 Å². The number of hydrogen-bond acceptors (Lipinski definition) is 4. The molecule has 1 saturated heterocycles. The van der Waals surface area contributed by atoms with E-state index in [0.29, 0.717) is 18.9 Å². The molecule has 2 N–H and O–H groups in total. The molecule has 142 valence electrons. The second-order valence-electron chi connectivity index (χ2n) is 7.98. The van der Waals surface area contributed by atoms with Gasteiger partial charge in [-0.1, -0.05) is 0 Å². The van der Waals surface area contributed by atoms with E-state index in [1.807, 2.05) is 11.8 Å². The second-order valence-corrected chi connectivity index (χ2v) is 7.98. The van der Waals surface area contributed by atoms with Crippen LogP contribution in [0.4, 0.5) is 0 Å². The number of likely N-dealkylation sites (tertiary alicyclic amines) is 1. The molecule has 0 radical (unpaired) electrons. The van der Waals surface area contributed by atoms with Crippen molar-refractivity contribution >= 4 is 11.8 Å². The summed E-state index contributed by atoms with van der Waals surface area (Å²) >= 11 is 0. The summed E-state index contributed by atoms with van der Waals surface area (Å²) < 4.78 is 0. The molecule has 2 aliphatic heterocycles. The number of hydrogen-bond donors (Lipinski definition) is 2. The van der Waals surface area contributed by atoms with Crippen LogP contribution in [0.3, 0.4) is 0 Å². The number of aromatic amines is 2. The van der Waals surface area contributed by atoms with Crippen LogP contribution < -0.4 is 0 Å². The Bertz CT molecular complexity index is 888. The first-order chi connectivity index (χ1) is 13.1. The number of amides is 2. The Labute approximate surface area is 157 Å². The molecule has 0 unspecified atom stereocenters. The van der Waals surface area contributed by atoms with E-state index in [-0.39, 0.29) is 23.3 Å². The van der Waals surface area contributed by atoms with Gasteiger partial charge in [0, 0.05) is 49.6 Å². The first-order valence-electron chi connectivity index (χ1n) is 9.73. The number of nitrogens with zero attached hydrogens (tertiary/aromatic N) is 4. The van der Waals surface area contributed by atoms with Crippen molar-refractivity contribution in [2.24, 2.45) is 5.92 Å². The summed E-state index contributed by atoms with van der Waals surface area (Å²) in [5.74, 6) is 0.771. The third kappa shape index (κ3) is 2.57. The van der Waals surface area contributed by atoms with Gasteiger partial charge in [0.1, 0.15) is 0 Å². The van der Waals surface area contributed by atoms with Gasteiger partial charge in [0.2, 0.25) is 5.91 Å². The van der Waals surface area contributed by atoms with Crippen molar-refractivity contribution in [3.05, 3.63) is 35.4 Å². The molecule has 0 atom stereocenters. The van der Waals surface area contributed by atoms with Gasteiger partial charge in [0.15, 0.2) is 5.82 Å². The van der Waals surface area contributed by atoms with E-state index in [9.17, 15) is 9.59 Å². The minimum Gasteiger partial charge on any atom is -0.348 e. The normalized spacial score (nSPS) is 21.4. The molecule has 3 aliphatic rings. The molecule has 5 rings (SSSR count). The molecule has 0 bridgehead atoms. The van der Waals surface area contributed by atoms with E-state index < -0.39 is 0 Å². The third-order valence-electron chi connectivity index (χ3n) is 6.24. The van der Waals surface area contributed by atoms with Crippen molar-refractivity contribution in [3.63, 3.8) is 0 Å².